The van der Waals surface area contributed by atoms with Gasteiger partial charge in [-0.05, 0) is 29.7 Å². The normalized spacial score (nSPS) is 10.7. The van der Waals surface area contributed by atoms with Crippen molar-refractivity contribution in [2.75, 3.05) is 0 Å². The number of rotatable bonds is 3. The number of aryl methyl sites for hydroxylation is 1. The average molecular weight is 238 g/mol. The van der Waals surface area contributed by atoms with Crippen LogP contribution < -0.4 is 0 Å². The summed E-state index contributed by atoms with van der Waals surface area (Å²) in [5.74, 6) is -0.933. The molecule has 0 aliphatic carbocycles. The standard InChI is InChI=1S/C16H14O2/c1-12-3-2-4-15(11-12)14-8-5-13(6-9-14)7-10-16(17)18/h2-11H,1H3,(H,17,18)/b10-7+. The van der Waals surface area contributed by atoms with Gasteiger partial charge >= 0.3 is 5.97 Å². The van der Waals surface area contributed by atoms with Crippen molar-refractivity contribution in [3.63, 3.8) is 0 Å². The zero-order chi connectivity index (χ0) is 13.0. The minimum absolute atomic E-state index is 0.883. The molecular formula is C16H14O2. The first kappa shape index (κ1) is 12.1. The molecule has 0 saturated carbocycles. The van der Waals surface area contributed by atoms with Crippen molar-refractivity contribution in [2.45, 2.75) is 6.92 Å². The molecule has 0 aromatic heterocycles. The minimum Gasteiger partial charge on any atom is -0.478 e. The van der Waals surface area contributed by atoms with Crippen LogP contribution in [0, 0.1) is 6.92 Å². The quantitative estimate of drug-likeness (QED) is 0.827. The number of hydrogen-bond acceptors (Lipinski definition) is 1. The minimum atomic E-state index is -0.933. The Balaban J connectivity index is 2.25. The van der Waals surface area contributed by atoms with E-state index in [0.29, 0.717) is 0 Å². The third kappa shape index (κ3) is 3.08. The molecule has 0 aliphatic rings. The Morgan fingerprint density at radius 1 is 1.06 bits per heavy atom. The Labute approximate surface area is 106 Å². The number of carbonyl (C=O) groups is 1. The lowest BCUT2D eigenvalue weighted by Crippen LogP contribution is -1.85. The summed E-state index contributed by atoms with van der Waals surface area (Å²) in [5.41, 5.74) is 4.41. The number of carboxylic acids is 1. The van der Waals surface area contributed by atoms with E-state index >= 15 is 0 Å². The lowest BCUT2D eigenvalue weighted by molar-refractivity contribution is -0.131. The van der Waals surface area contributed by atoms with Crippen LogP contribution in [0.3, 0.4) is 0 Å². The van der Waals surface area contributed by atoms with Gasteiger partial charge in [0, 0.05) is 6.08 Å². The van der Waals surface area contributed by atoms with E-state index in [1.54, 1.807) is 6.08 Å². The van der Waals surface area contributed by atoms with Crippen LogP contribution in [0.2, 0.25) is 0 Å². The third-order valence-electron chi connectivity index (χ3n) is 2.68. The van der Waals surface area contributed by atoms with Crippen molar-refractivity contribution < 1.29 is 9.90 Å². The molecule has 0 bridgehead atoms. The van der Waals surface area contributed by atoms with E-state index in [1.807, 2.05) is 30.3 Å². The lowest BCUT2D eigenvalue weighted by Gasteiger charge is -2.03. The zero-order valence-electron chi connectivity index (χ0n) is 10.1. The Morgan fingerprint density at radius 2 is 1.78 bits per heavy atom. The summed E-state index contributed by atoms with van der Waals surface area (Å²) in [7, 11) is 0. The Morgan fingerprint density at radius 3 is 2.39 bits per heavy atom. The summed E-state index contributed by atoms with van der Waals surface area (Å²) < 4.78 is 0. The van der Waals surface area contributed by atoms with E-state index in [0.717, 1.165) is 17.2 Å². The van der Waals surface area contributed by atoms with Crippen molar-refractivity contribution in [3.8, 4) is 11.1 Å². The molecule has 0 unspecified atom stereocenters. The fourth-order valence-corrected chi connectivity index (χ4v) is 1.78. The summed E-state index contributed by atoms with van der Waals surface area (Å²) in [6.07, 6.45) is 2.73. The smallest absolute Gasteiger partial charge is 0.328 e. The van der Waals surface area contributed by atoms with Gasteiger partial charge in [-0.15, -0.1) is 0 Å². The number of hydrogen-bond donors (Lipinski definition) is 1. The van der Waals surface area contributed by atoms with Crippen molar-refractivity contribution in [1.82, 2.24) is 0 Å². The molecule has 2 aromatic carbocycles. The van der Waals surface area contributed by atoms with E-state index in [-0.39, 0.29) is 0 Å². The predicted octanol–water partition coefficient (Wildman–Crippen LogP) is 3.76. The molecule has 0 spiro atoms. The lowest BCUT2D eigenvalue weighted by atomic mass is 10.0. The van der Waals surface area contributed by atoms with Crippen LogP contribution in [0.5, 0.6) is 0 Å². The summed E-state index contributed by atoms with van der Waals surface area (Å²) >= 11 is 0. The maximum Gasteiger partial charge on any atom is 0.328 e. The second kappa shape index (κ2) is 5.32. The molecular weight excluding hydrogens is 224 g/mol. The monoisotopic (exact) mass is 238 g/mol. The van der Waals surface area contributed by atoms with Gasteiger partial charge in [-0.1, -0.05) is 54.1 Å². The Hall–Kier alpha value is -2.35. The molecule has 18 heavy (non-hydrogen) atoms. The number of carboxylic acid groups (broad SMARTS) is 1. The highest BCUT2D eigenvalue weighted by atomic mass is 16.4. The van der Waals surface area contributed by atoms with Gasteiger partial charge in [-0.3, -0.25) is 0 Å². The fraction of sp³-hybridized carbons (Fsp3) is 0.0625. The first-order valence-corrected chi connectivity index (χ1v) is 5.73. The van der Waals surface area contributed by atoms with Gasteiger partial charge in [0.05, 0.1) is 0 Å². The molecule has 0 atom stereocenters. The van der Waals surface area contributed by atoms with Crippen LogP contribution >= 0.6 is 0 Å². The van der Waals surface area contributed by atoms with Crippen molar-refractivity contribution in [3.05, 3.63) is 65.7 Å². The van der Waals surface area contributed by atoms with Crippen LogP contribution in [0.1, 0.15) is 11.1 Å². The summed E-state index contributed by atoms with van der Waals surface area (Å²) in [6, 6.07) is 16.1. The second-order valence-corrected chi connectivity index (χ2v) is 4.16. The van der Waals surface area contributed by atoms with Crippen LogP contribution in [-0.4, -0.2) is 11.1 Å². The van der Waals surface area contributed by atoms with Gasteiger partial charge in [0.1, 0.15) is 0 Å². The molecule has 90 valence electrons. The van der Waals surface area contributed by atoms with Crippen LogP contribution in [0.15, 0.2) is 54.6 Å². The van der Waals surface area contributed by atoms with E-state index < -0.39 is 5.97 Å². The van der Waals surface area contributed by atoms with Gasteiger partial charge < -0.3 is 5.11 Å². The summed E-state index contributed by atoms with van der Waals surface area (Å²) in [6.45, 7) is 2.06. The van der Waals surface area contributed by atoms with Gasteiger partial charge in [0.2, 0.25) is 0 Å². The molecule has 0 aliphatic heterocycles. The van der Waals surface area contributed by atoms with Crippen LogP contribution in [-0.2, 0) is 4.79 Å². The van der Waals surface area contributed by atoms with E-state index in [9.17, 15) is 4.79 Å². The van der Waals surface area contributed by atoms with Gasteiger partial charge in [0.15, 0.2) is 0 Å². The maximum atomic E-state index is 10.4. The maximum absolute atomic E-state index is 10.4. The first-order chi connectivity index (χ1) is 8.65. The molecule has 2 rings (SSSR count). The molecule has 2 nitrogen and oxygen atoms in total. The molecule has 0 fully saturated rings. The zero-order valence-corrected chi connectivity index (χ0v) is 10.1. The van der Waals surface area contributed by atoms with Crippen LogP contribution in [0.25, 0.3) is 17.2 Å². The Kier molecular flexibility index (Phi) is 3.58. The first-order valence-electron chi connectivity index (χ1n) is 5.73. The van der Waals surface area contributed by atoms with E-state index in [1.165, 1.54) is 11.1 Å². The second-order valence-electron chi connectivity index (χ2n) is 4.16. The van der Waals surface area contributed by atoms with Gasteiger partial charge in [-0.2, -0.15) is 0 Å². The highest BCUT2D eigenvalue weighted by Gasteiger charge is 1.97. The average Bonchev–Trinajstić information content (AvgIpc) is 2.37. The van der Waals surface area contributed by atoms with E-state index in [4.69, 9.17) is 5.11 Å². The highest BCUT2D eigenvalue weighted by Crippen LogP contribution is 2.21. The summed E-state index contributed by atoms with van der Waals surface area (Å²) in [4.78, 5) is 10.4. The molecule has 0 heterocycles. The number of benzene rings is 2. The van der Waals surface area contributed by atoms with Crippen molar-refractivity contribution in [2.24, 2.45) is 0 Å². The third-order valence-corrected chi connectivity index (χ3v) is 2.68. The summed E-state index contributed by atoms with van der Waals surface area (Å²) in [5, 5.41) is 8.55. The largest absolute Gasteiger partial charge is 0.478 e. The van der Waals surface area contributed by atoms with Crippen molar-refractivity contribution in [1.29, 1.82) is 0 Å². The van der Waals surface area contributed by atoms with Crippen molar-refractivity contribution >= 4 is 12.0 Å². The highest BCUT2D eigenvalue weighted by molar-refractivity contribution is 5.85. The van der Waals surface area contributed by atoms with Gasteiger partial charge in [0.25, 0.3) is 0 Å². The molecule has 2 aromatic rings. The molecule has 0 radical (unpaired) electrons. The Bertz CT molecular complexity index is 580. The molecule has 0 saturated heterocycles. The van der Waals surface area contributed by atoms with E-state index in [2.05, 4.69) is 25.1 Å². The van der Waals surface area contributed by atoms with Gasteiger partial charge in [-0.25, -0.2) is 4.79 Å². The van der Waals surface area contributed by atoms with Crippen LogP contribution in [0.4, 0.5) is 0 Å². The topological polar surface area (TPSA) is 37.3 Å². The number of aliphatic carboxylic acids is 1. The molecule has 2 heteroatoms. The molecule has 0 amide bonds. The predicted molar refractivity (Wildman–Crippen MR) is 73.3 cm³/mol. The fourth-order valence-electron chi connectivity index (χ4n) is 1.78. The SMILES string of the molecule is Cc1cccc(-c2ccc(/C=C/C(=O)O)cc2)c1. The molecule has 1 N–H and O–H groups in total.